The van der Waals surface area contributed by atoms with E-state index < -0.39 is 0 Å². The maximum Gasteiger partial charge on any atom is 0.270 e. The van der Waals surface area contributed by atoms with E-state index in [0.717, 1.165) is 12.2 Å². The zero-order valence-electron chi connectivity index (χ0n) is 14.5. The fourth-order valence-corrected chi connectivity index (χ4v) is 2.91. The molecule has 0 aliphatic carbocycles. The Morgan fingerprint density at radius 1 is 1.00 bits per heavy atom. The van der Waals surface area contributed by atoms with E-state index in [9.17, 15) is 4.79 Å². The highest BCUT2D eigenvalue weighted by atomic mass is 16.2. The van der Waals surface area contributed by atoms with E-state index in [4.69, 9.17) is 0 Å². The lowest BCUT2D eigenvalue weighted by Crippen LogP contribution is -2.60. The van der Waals surface area contributed by atoms with Crippen LogP contribution in [0.4, 0.5) is 0 Å². The molecule has 0 N–H and O–H groups in total. The van der Waals surface area contributed by atoms with Crippen molar-refractivity contribution < 1.29 is 4.79 Å². The fraction of sp³-hybridized carbons (Fsp3) is 0.824. The van der Waals surface area contributed by atoms with Crippen LogP contribution >= 0.6 is 0 Å². The summed E-state index contributed by atoms with van der Waals surface area (Å²) >= 11 is 0. The molecule has 1 unspecified atom stereocenters. The predicted octanol–water partition coefficient (Wildman–Crippen LogP) is 3.51. The summed E-state index contributed by atoms with van der Waals surface area (Å²) in [6.45, 7) is 18.2. The fourth-order valence-electron chi connectivity index (χ4n) is 2.91. The smallest absolute Gasteiger partial charge is 0.270 e. The molecule has 0 aromatic heterocycles. The van der Waals surface area contributed by atoms with Crippen molar-refractivity contribution in [2.75, 3.05) is 6.54 Å². The number of allylic oxidation sites excluding steroid dienone is 1. The Morgan fingerprint density at radius 3 is 1.90 bits per heavy atom. The molecule has 3 heteroatoms. The molecular weight excluding hydrogens is 248 g/mol. The first-order valence-electron chi connectivity index (χ1n) is 7.97. The Bertz CT molecular complexity index is 369. The minimum atomic E-state index is 0.201. The Morgan fingerprint density at radius 2 is 1.55 bits per heavy atom. The molecule has 0 spiro atoms. The van der Waals surface area contributed by atoms with Crippen molar-refractivity contribution >= 4 is 5.91 Å². The van der Waals surface area contributed by atoms with Crippen molar-refractivity contribution in [3.63, 3.8) is 0 Å². The average Bonchev–Trinajstić information content (AvgIpc) is 2.29. The van der Waals surface area contributed by atoms with E-state index in [1.54, 1.807) is 0 Å². The number of carbonyl (C=O) groups excluding carboxylic acids is 1. The molecule has 1 rings (SSSR count). The zero-order chi connectivity index (χ0) is 15.6. The largest absolute Gasteiger partial charge is 0.363 e. The number of rotatable bonds is 4. The topological polar surface area (TPSA) is 23.6 Å². The van der Waals surface area contributed by atoms with Gasteiger partial charge in [-0.3, -0.25) is 4.79 Å². The first-order chi connectivity index (χ1) is 9.16. The molecular formula is C17H32N2O. The number of amides is 1. The first-order valence-corrected chi connectivity index (χ1v) is 7.97. The van der Waals surface area contributed by atoms with Gasteiger partial charge in [0.2, 0.25) is 0 Å². The van der Waals surface area contributed by atoms with Crippen LogP contribution in [-0.2, 0) is 4.79 Å². The lowest BCUT2D eigenvalue weighted by atomic mass is 9.95. The standard InChI is InChI=1S/C17H32N2O/c1-11(2)9-15-17(20)19(14(7)8)16(12(3)4)10-18(15)13(5)6/h9,11-14,16H,10H2,1-8H3/b15-9-. The first kappa shape index (κ1) is 17.1. The Kier molecular flexibility index (Phi) is 5.67. The van der Waals surface area contributed by atoms with Gasteiger partial charge in [0.25, 0.3) is 5.91 Å². The van der Waals surface area contributed by atoms with Crippen molar-refractivity contribution in [2.45, 2.75) is 73.5 Å². The third-order valence-electron chi connectivity index (χ3n) is 3.94. The highest BCUT2D eigenvalue weighted by Gasteiger charge is 2.39. The molecule has 0 radical (unpaired) electrons. The summed E-state index contributed by atoms with van der Waals surface area (Å²) in [4.78, 5) is 17.3. The monoisotopic (exact) mass is 280 g/mol. The van der Waals surface area contributed by atoms with Crippen LogP contribution in [0.1, 0.15) is 55.4 Å². The van der Waals surface area contributed by atoms with Crippen molar-refractivity contribution in [3.05, 3.63) is 11.8 Å². The van der Waals surface area contributed by atoms with Gasteiger partial charge in [0, 0.05) is 18.6 Å². The maximum atomic E-state index is 12.9. The van der Waals surface area contributed by atoms with Crippen LogP contribution in [0.2, 0.25) is 0 Å². The van der Waals surface area contributed by atoms with E-state index in [1.807, 2.05) is 0 Å². The van der Waals surface area contributed by atoms with Crippen LogP contribution < -0.4 is 0 Å². The maximum absolute atomic E-state index is 12.9. The van der Waals surface area contributed by atoms with Crippen LogP contribution in [-0.4, -0.2) is 40.4 Å². The predicted molar refractivity (Wildman–Crippen MR) is 85.4 cm³/mol. The van der Waals surface area contributed by atoms with E-state index in [1.165, 1.54) is 0 Å². The van der Waals surface area contributed by atoms with Gasteiger partial charge in [0.05, 0.1) is 11.7 Å². The second kappa shape index (κ2) is 6.64. The van der Waals surface area contributed by atoms with Crippen LogP contribution in [0.5, 0.6) is 0 Å². The lowest BCUT2D eigenvalue weighted by molar-refractivity contribution is -0.139. The highest BCUT2D eigenvalue weighted by Crippen LogP contribution is 2.28. The molecule has 0 saturated carbocycles. The van der Waals surface area contributed by atoms with Gasteiger partial charge in [-0.2, -0.15) is 0 Å². The molecule has 1 aliphatic heterocycles. The molecule has 1 heterocycles. The zero-order valence-corrected chi connectivity index (χ0v) is 14.5. The van der Waals surface area contributed by atoms with Crippen LogP contribution in [0.3, 0.4) is 0 Å². The number of hydrogen-bond acceptors (Lipinski definition) is 2. The molecule has 0 aromatic rings. The summed E-state index contributed by atoms with van der Waals surface area (Å²) in [6.07, 6.45) is 2.12. The quantitative estimate of drug-likeness (QED) is 0.736. The number of nitrogens with zero attached hydrogens (tertiary/aromatic N) is 2. The molecule has 1 atom stereocenters. The molecule has 1 fully saturated rings. The lowest BCUT2D eigenvalue weighted by Gasteiger charge is -2.48. The van der Waals surface area contributed by atoms with Crippen molar-refractivity contribution in [1.82, 2.24) is 9.80 Å². The second-order valence-electron chi connectivity index (χ2n) is 7.16. The van der Waals surface area contributed by atoms with Gasteiger partial charge in [-0.25, -0.2) is 0 Å². The molecule has 0 bridgehead atoms. The Hall–Kier alpha value is -0.990. The summed E-state index contributed by atoms with van der Waals surface area (Å²) in [7, 11) is 0. The minimum absolute atomic E-state index is 0.201. The number of carbonyl (C=O) groups is 1. The third kappa shape index (κ3) is 3.56. The molecule has 1 amide bonds. The molecule has 116 valence electrons. The van der Waals surface area contributed by atoms with E-state index >= 15 is 0 Å². The van der Waals surface area contributed by atoms with Crippen LogP contribution in [0.15, 0.2) is 11.8 Å². The normalized spacial score (nSPS) is 23.1. The summed E-state index contributed by atoms with van der Waals surface area (Å²) in [5.41, 5.74) is 0.889. The second-order valence-corrected chi connectivity index (χ2v) is 7.16. The molecule has 20 heavy (non-hydrogen) atoms. The Labute approximate surface area is 125 Å². The van der Waals surface area contributed by atoms with E-state index in [2.05, 4.69) is 71.3 Å². The number of hydrogen-bond donors (Lipinski definition) is 0. The van der Waals surface area contributed by atoms with E-state index in [-0.39, 0.29) is 11.9 Å². The summed E-state index contributed by atoms with van der Waals surface area (Å²) in [6, 6.07) is 0.911. The van der Waals surface area contributed by atoms with Crippen molar-refractivity contribution in [3.8, 4) is 0 Å². The third-order valence-corrected chi connectivity index (χ3v) is 3.94. The van der Waals surface area contributed by atoms with Gasteiger partial charge in [-0.05, 0) is 39.5 Å². The van der Waals surface area contributed by atoms with Gasteiger partial charge in [-0.15, -0.1) is 0 Å². The van der Waals surface area contributed by atoms with E-state index in [0.29, 0.717) is 23.9 Å². The summed E-state index contributed by atoms with van der Waals surface area (Å²) in [5.74, 6) is 1.07. The van der Waals surface area contributed by atoms with Crippen LogP contribution in [0, 0.1) is 11.8 Å². The van der Waals surface area contributed by atoms with Gasteiger partial charge in [0.15, 0.2) is 0 Å². The summed E-state index contributed by atoms with van der Waals surface area (Å²) < 4.78 is 0. The molecule has 1 aliphatic rings. The SMILES string of the molecule is CC(C)/C=C1/C(=O)N(C(C)C)C(C(C)C)CN1C(C)C. The molecule has 0 aromatic carbocycles. The van der Waals surface area contributed by atoms with Gasteiger partial charge in [-0.1, -0.05) is 33.8 Å². The van der Waals surface area contributed by atoms with Gasteiger partial charge < -0.3 is 9.80 Å². The van der Waals surface area contributed by atoms with Gasteiger partial charge in [0.1, 0.15) is 0 Å². The molecule has 3 nitrogen and oxygen atoms in total. The van der Waals surface area contributed by atoms with Gasteiger partial charge >= 0.3 is 0 Å². The van der Waals surface area contributed by atoms with Crippen molar-refractivity contribution in [2.24, 2.45) is 11.8 Å². The highest BCUT2D eigenvalue weighted by molar-refractivity contribution is 5.94. The van der Waals surface area contributed by atoms with Crippen LogP contribution in [0.25, 0.3) is 0 Å². The molecule has 1 saturated heterocycles. The number of piperazine rings is 1. The summed E-state index contributed by atoms with van der Waals surface area (Å²) in [5, 5.41) is 0. The Balaban J connectivity index is 3.22. The average molecular weight is 280 g/mol. The minimum Gasteiger partial charge on any atom is -0.363 e. The van der Waals surface area contributed by atoms with Crippen molar-refractivity contribution in [1.29, 1.82) is 0 Å².